The van der Waals surface area contributed by atoms with Crippen molar-refractivity contribution in [1.82, 2.24) is 15.0 Å². The van der Waals surface area contributed by atoms with E-state index in [1.165, 1.54) is 10.9 Å². The van der Waals surface area contributed by atoms with Crippen molar-refractivity contribution < 1.29 is 14.3 Å². The highest BCUT2D eigenvalue weighted by atomic mass is 16.5. The number of benzene rings is 2. The molecule has 8 nitrogen and oxygen atoms in total. The number of amides is 1. The molecule has 1 amide bonds. The third-order valence-corrected chi connectivity index (χ3v) is 4.08. The van der Waals surface area contributed by atoms with E-state index in [0.29, 0.717) is 24.6 Å². The second-order valence-corrected chi connectivity index (χ2v) is 6.13. The summed E-state index contributed by atoms with van der Waals surface area (Å²) in [6, 6.07) is 18.1. The lowest BCUT2D eigenvalue weighted by Gasteiger charge is -2.12. The average molecular weight is 389 g/mol. The van der Waals surface area contributed by atoms with Crippen molar-refractivity contribution in [3.63, 3.8) is 0 Å². The standard InChI is InChI=1S/C21H19N5O3/c1-2-29-19-11-7-6-10-17(19)23-21(28)16(12-22)20(27)18-14-26(25-24-18)13-15-8-4-3-5-9-15/h3-11,14,16H,2,13H2,1H3,(H,23,28). The number of carbonyl (C=O) groups is 2. The number of anilines is 1. The Bertz CT molecular complexity index is 1040. The molecular formula is C21H19N5O3. The minimum absolute atomic E-state index is 0.0410. The van der Waals surface area contributed by atoms with Gasteiger partial charge in [-0.25, -0.2) is 4.68 Å². The third kappa shape index (κ3) is 4.84. The Labute approximate surface area is 167 Å². The topological polar surface area (TPSA) is 110 Å². The Morgan fingerprint density at radius 2 is 1.90 bits per heavy atom. The van der Waals surface area contributed by atoms with Crippen LogP contribution in [0.5, 0.6) is 5.75 Å². The van der Waals surface area contributed by atoms with E-state index in [1.54, 1.807) is 30.3 Å². The fourth-order valence-corrected chi connectivity index (χ4v) is 2.70. The maximum absolute atomic E-state index is 12.7. The largest absolute Gasteiger partial charge is 0.492 e. The highest BCUT2D eigenvalue weighted by molar-refractivity contribution is 6.15. The van der Waals surface area contributed by atoms with Crippen LogP contribution >= 0.6 is 0 Å². The van der Waals surface area contributed by atoms with Crippen LogP contribution in [-0.2, 0) is 11.3 Å². The van der Waals surface area contributed by atoms with Gasteiger partial charge in [0.15, 0.2) is 11.6 Å². The first-order valence-electron chi connectivity index (χ1n) is 9.03. The summed E-state index contributed by atoms with van der Waals surface area (Å²) in [6.07, 6.45) is 1.43. The fraction of sp³-hybridized carbons (Fsp3) is 0.190. The summed E-state index contributed by atoms with van der Waals surface area (Å²) >= 11 is 0. The molecule has 1 atom stereocenters. The summed E-state index contributed by atoms with van der Waals surface area (Å²) in [5.74, 6) is -2.55. The van der Waals surface area contributed by atoms with E-state index in [2.05, 4.69) is 15.6 Å². The van der Waals surface area contributed by atoms with E-state index >= 15 is 0 Å². The number of nitrogens with zero attached hydrogens (tertiary/aromatic N) is 4. The number of Topliss-reactive ketones (excluding diaryl/α,β-unsaturated/α-hetero) is 1. The Kier molecular flexibility index (Phi) is 6.32. The maximum Gasteiger partial charge on any atom is 0.249 e. The number of rotatable bonds is 8. The lowest BCUT2D eigenvalue weighted by molar-refractivity contribution is -0.117. The second-order valence-electron chi connectivity index (χ2n) is 6.13. The van der Waals surface area contributed by atoms with Gasteiger partial charge < -0.3 is 10.1 Å². The van der Waals surface area contributed by atoms with Gasteiger partial charge in [-0.2, -0.15) is 5.26 Å². The van der Waals surface area contributed by atoms with Gasteiger partial charge in [0.05, 0.1) is 31.1 Å². The molecule has 0 fully saturated rings. The zero-order valence-electron chi connectivity index (χ0n) is 15.8. The van der Waals surface area contributed by atoms with Crippen LogP contribution < -0.4 is 10.1 Å². The fourth-order valence-electron chi connectivity index (χ4n) is 2.70. The molecule has 1 aromatic heterocycles. The number of hydrogen-bond acceptors (Lipinski definition) is 6. The second kappa shape index (κ2) is 9.28. The number of ether oxygens (including phenoxy) is 1. The maximum atomic E-state index is 12.7. The first-order valence-corrected chi connectivity index (χ1v) is 9.03. The van der Waals surface area contributed by atoms with Crippen molar-refractivity contribution in [2.45, 2.75) is 13.5 Å². The number of para-hydroxylation sites is 2. The van der Waals surface area contributed by atoms with Crippen molar-refractivity contribution in [3.05, 3.63) is 72.1 Å². The zero-order valence-corrected chi connectivity index (χ0v) is 15.8. The Balaban J connectivity index is 1.72. The predicted molar refractivity (Wildman–Crippen MR) is 105 cm³/mol. The quantitative estimate of drug-likeness (QED) is 0.468. The number of carbonyl (C=O) groups excluding carboxylic acids is 2. The van der Waals surface area contributed by atoms with Crippen LogP contribution in [0.3, 0.4) is 0 Å². The van der Waals surface area contributed by atoms with Gasteiger partial charge in [-0.15, -0.1) is 5.10 Å². The summed E-state index contributed by atoms with van der Waals surface area (Å²) in [4.78, 5) is 25.2. The molecule has 146 valence electrons. The number of nitrogens with one attached hydrogen (secondary N) is 1. The van der Waals surface area contributed by atoms with Gasteiger partial charge in [0.2, 0.25) is 11.7 Å². The van der Waals surface area contributed by atoms with Crippen LogP contribution in [0.2, 0.25) is 0 Å². The Morgan fingerprint density at radius 3 is 2.62 bits per heavy atom. The van der Waals surface area contributed by atoms with E-state index in [9.17, 15) is 14.9 Å². The van der Waals surface area contributed by atoms with Gasteiger partial charge in [-0.1, -0.05) is 47.7 Å². The molecule has 0 saturated carbocycles. The molecule has 3 aromatic rings. The zero-order chi connectivity index (χ0) is 20.6. The monoisotopic (exact) mass is 389 g/mol. The average Bonchev–Trinajstić information content (AvgIpc) is 3.19. The van der Waals surface area contributed by atoms with Gasteiger partial charge in [0.25, 0.3) is 0 Å². The van der Waals surface area contributed by atoms with Gasteiger partial charge >= 0.3 is 0 Å². The van der Waals surface area contributed by atoms with Gasteiger partial charge in [0, 0.05) is 0 Å². The highest BCUT2D eigenvalue weighted by Crippen LogP contribution is 2.24. The van der Waals surface area contributed by atoms with Crippen molar-refractivity contribution >= 4 is 17.4 Å². The smallest absolute Gasteiger partial charge is 0.249 e. The normalized spacial score (nSPS) is 11.3. The van der Waals surface area contributed by atoms with Gasteiger partial charge in [0.1, 0.15) is 5.75 Å². The summed E-state index contributed by atoms with van der Waals surface area (Å²) in [7, 11) is 0. The van der Waals surface area contributed by atoms with Crippen molar-refractivity contribution in [1.29, 1.82) is 5.26 Å². The Hall–Kier alpha value is -3.99. The lowest BCUT2D eigenvalue weighted by atomic mass is 10.0. The van der Waals surface area contributed by atoms with Crippen molar-refractivity contribution in [2.75, 3.05) is 11.9 Å². The molecule has 0 aliphatic carbocycles. The summed E-state index contributed by atoms with van der Waals surface area (Å²) in [5, 5.41) is 19.7. The minimum Gasteiger partial charge on any atom is -0.492 e. The molecule has 0 saturated heterocycles. The molecule has 1 heterocycles. The number of nitriles is 1. The lowest BCUT2D eigenvalue weighted by Crippen LogP contribution is -2.29. The SMILES string of the molecule is CCOc1ccccc1NC(=O)C(C#N)C(=O)c1cn(Cc2ccccc2)nn1. The first-order chi connectivity index (χ1) is 14.1. The van der Waals surface area contributed by atoms with E-state index in [-0.39, 0.29) is 5.69 Å². The van der Waals surface area contributed by atoms with E-state index < -0.39 is 17.6 Å². The molecule has 0 bridgehead atoms. The molecular weight excluding hydrogens is 370 g/mol. The van der Waals surface area contributed by atoms with Crippen LogP contribution in [0.4, 0.5) is 5.69 Å². The number of ketones is 1. The Morgan fingerprint density at radius 1 is 1.17 bits per heavy atom. The number of hydrogen-bond donors (Lipinski definition) is 1. The van der Waals surface area contributed by atoms with Crippen LogP contribution in [0.1, 0.15) is 23.0 Å². The van der Waals surface area contributed by atoms with E-state index in [4.69, 9.17) is 4.74 Å². The molecule has 2 aromatic carbocycles. The van der Waals surface area contributed by atoms with E-state index in [1.807, 2.05) is 37.3 Å². The van der Waals surface area contributed by atoms with Gasteiger partial charge in [-0.05, 0) is 24.6 Å². The molecule has 0 aliphatic heterocycles. The highest BCUT2D eigenvalue weighted by Gasteiger charge is 2.30. The van der Waals surface area contributed by atoms with Crippen LogP contribution in [-0.4, -0.2) is 33.3 Å². The molecule has 1 unspecified atom stereocenters. The number of aromatic nitrogens is 3. The van der Waals surface area contributed by atoms with Crippen molar-refractivity contribution in [3.8, 4) is 11.8 Å². The molecule has 8 heteroatoms. The van der Waals surface area contributed by atoms with Gasteiger partial charge in [-0.3, -0.25) is 9.59 Å². The van der Waals surface area contributed by atoms with Crippen LogP contribution in [0.25, 0.3) is 0 Å². The summed E-state index contributed by atoms with van der Waals surface area (Å²) in [6.45, 7) is 2.66. The van der Waals surface area contributed by atoms with E-state index in [0.717, 1.165) is 5.56 Å². The molecule has 3 rings (SSSR count). The van der Waals surface area contributed by atoms with Crippen LogP contribution in [0, 0.1) is 17.2 Å². The summed E-state index contributed by atoms with van der Waals surface area (Å²) < 4.78 is 6.93. The molecule has 1 N–H and O–H groups in total. The molecule has 0 spiro atoms. The van der Waals surface area contributed by atoms with Crippen LogP contribution in [0.15, 0.2) is 60.8 Å². The molecule has 29 heavy (non-hydrogen) atoms. The van der Waals surface area contributed by atoms with Crippen molar-refractivity contribution in [2.24, 2.45) is 5.92 Å². The summed E-state index contributed by atoms with van der Waals surface area (Å²) in [5.41, 5.74) is 1.33. The molecule has 0 aliphatic rings. The third-order valence-electron chi connectivity index (χ3n) is 4.08. The minimum atomic E-state index is -1.55. The molecule has 0 radical (unpaired) electrons. The first kappa shape index (κ1) is 19.8. The predicted octanol–water partition coefficient (Wildman–Crippen LogP) is 2.69.